The van der Waals surface area contributed by atoms with Gasteiger partial charge in [-0.3, -0.25) is 4.79 Å². The maximum absolute atomic E-state index is 13.7. The number of benzene rings is 1. The SMILES string of the molecule is CCOC(=O)n1nc2c(c1NC(=O)C1([Si](C)(C)C)CCC1)CN(C(=O)Nc1cc(OC)ccc1Cl)C2(C)C. The monoisotopic (exact) mass is 561 g/mol. The molecule has 1 saturated carbocycles. The fraction of sp³-hybridized carbons (Fsp3) is 0.538. The van der Waals surface area contributed by atoms with Gasteiger partial charge in [0.1, 0.15) is 11.6 Å². The molecular weight excluding hydrogens is 526 g/mol. The van der Waals surface area contributed by atoms with E-state index in [-0.39, 0.29) is 24.9 Å². The highest BCUT2D eigenvalue weighted by Crippen LogP contribution is 2.56. The van der Waals surface area contributed by atoms with E-state index in [0.717, 1.165) is 23.9 Å². The van der Waals surface area contributed by atoms with E-state index in [4.69, 9.17) is 21.1 Å². The van der Waals surface area contributed by atoms with Crippen LogP contribution in [0.2, 0.25) is 29.7 Å². The Hall–Kier alpha value is -3.05. The van der Waals surface area contributed by atoms with Gasteiger partial charge in [0.2, 0.25) is 5.91 Å². The van der Waals surface area contributed by atoms with Crippen molar-refractivity contribution in [3.05, 3.63) is 34.5 Å². The molecule has 0 spiro atoms. The molecule has 1 aliphatic heterocycles. The lowest BCUT2D eigenvalue weighted by Gasteiger charge is -2.48. The molecule has 2 N–H and O–H groups in total. The highest BCUT2D eigenvalue weighted by atomic mass is 35.5. The Labute approximate surface area is 229 Å². The Morgan fingerprint density at radius 2 is 1.84 bits per heavy atom. The summed E-state index contributed by atoms with van der Waals surface area (Å²) in [4.78, 5) is 41.6. The second-order valence-corrected chi connectivity index (χ2v) is 17.2. The molecule has 0 radical (unpaired) electrons. The van der Waals surface area contributed by atoms with Crippen molar-refractivity contribution in [1.29, 1.82) is 0 Å². The third kappa shape index (κ3) is 4.55. The van der Waals surface area contributed by atoms with Gasteiger partial charge in [-0.15, -0.1) is 4.68 Å². The van der Waals surface area contributed by atoms with Crippen molar-refractivity contribution in [3.63, 3.8) is 0 Å². The smallest absolute Gasteiger partial charge is 0.436 e. The molecule has 2 heterocycles. The molecule has 4 rings (SSSR count). The van der Waals surface area contributed by atoms with E-state index in [1.807, 2.05) is 13.8 Å². The van der Waals surface area contributed by atoms with Gasteiger partial charge in [-0.1, -0.05) is 37.7 Å². The molecule has 0 atom stereocenters. The zero-order chi connectivity index (χ0) is 28.0. The van der Waals surface area contributed by atoms with Gasteiger partial charge in [-0.25, -0.2) is 9.59 Å². The Morgan fingerprint density at radius 1 is 1.16 bits per heavy atom. The van der Waals surface area contributed by atoms with Crippen molar-refractivity contribution in [3.8, 4) is 5.75 Å². The highest BCUT2D eigenvalue weighted by molar-refractivity contribution is 6.83. The molecule has 2 aromatic rings. The molecular formula is C26H36ClN5O5Si. The van der Waals surface area contributed by atoms with Crippen LogP contribution in [0.4, 0.5) is 21.1 Å². The van der Waals surface area contributed by atoms with Crippen LogP contribution < -0.4 is 15.4 Å². The molecule has 206 valence electrons. The number of urea groups is 1. The second kappa shape index (κ2) is 9.92. The molecule has 1 aromatic carbocycles. The maximum Gasteiger partial charge on any atom is 0.436 e. The van der Waals surface area contributed by atoms with Gasteiger partial charge < -0.3 is 25.0 Å². The van der Waals surface area contributed by atoms with Crippen molar-refractivity contribution < 1.29 is 23.9 Å². The van der Waals surface area contributed by atoms with Crippen LogP contribution in [0.3, 0.4) is 0 Å². The van der Waals surface area contributed by atoms with E-state index < -0.39 is 30.8 Å². The number of hydrogen-bond donors (Lipinski definition) is 2. The number of carbonyl (C=O) groups excluding carboxylic acids is 3. The van der Waals surface area contributed by atoms with E-state index in [0.29, 0.717) is 27.7 Å². The van der Waals surface area contributed by atoms with Crippen LogP contribution in [-0.2, 0) is 21.6 Å². The van der Waals surface area contributed by atoms with Crippen LogP contribution in [0.15, 0.2) is 18.2 Å². The summed E-state index contributed by atoms with van der Waals surface area (Å²) in [5, 5.41) is 10.4. The van der Waals surface area contributed by atoms with Crippen LogP contribution in [0.5, 0.6) is 5.75 Å². The zero-order valence-corrected chi connectivity index (χ0v) is 24.8. The second-order valence-electron chi connectivity index (χ2n) is 11.3. The minimum absolute atomic E-state index is 0.0972. The van der Waals surface area contributed by atoms with E-state index in [9.17, 15) is 14.4 Å². The van der Waals surface area contributed by atoms with E-state index in [1.165, 1.54) is 7.11 Å². The number of anilines is 2. The van der Waals surface area contributed by atoms with Crippen molar-refractivity contribution in [2.45, 2.75) is 76.8 Å². The normalized spacial score (nSPS) is 17.3. The summed E-state index contributed by atoms with van der Waals surface area (Å²) < 4.78 is 11.6. The number of halogens is 1. The molecule has 1 fully saturated rings. The summed E-state index contributed by atoms with van der Waals surface area (Å²) in [5.41, 5.74) is 0.634. The lowest BCUT2D eigenvalue weighted by Crippen LogP contribution is -2.52. The Balaban J connectivity index is 1.69. The number of nitrogens with zero attached hydrogens (tertiary/aromatic N) is 3. The molecule has 2 aliphatic rings. The standard InChI is InChI=1S/C26H36ClN5O5Si/c1-8-37-24(35)32-21(29-22(33)26(12-9-13-26)38(5,6)7)17-15-31(25(2,3)20(17)30-32)23(34)28-19-14-16(36-4)10-11-18(19)27/h10-11,14H,8-9,12-13,15H2,1-7H3,(H,28,34)(H,29,33). The number of methoxy groups -OCH3 is 1. The van der Waals surface area contributed by atoms with Crippen LogP contribution in [0, 0.1) is 0 Å². The van der Waals surface area contributed by atoms with Crippen LogP contribution >= 0.6 is 11.6 Å². The fourth-order valence-electron chi connectivity index (χ4n) is 5.33. The molecule has 0 unspecified atom stereocenters. The van der Waals surface area contributed by atoms with Gasteiger partial charge in [0.05, 0.1) is 50.3 Å². The van der Waals surface area contributed by atoms with Crippen molar-refractivity contribution in [1.82, 2.24) is 14.7 Å². The van der Waals surface area contributed by atoms with Crippen LogP contribution in [0.1, 0.15) is 51.3 Å². The minimum atomic E-state index is -1.88. The lowest BCUT2D eigenvalue weighted by molar-refractivity contribution is -0.121. The predicted molar refractivity (Wildman–Crippen MR) is 149 cm³/mol. The largest absolute Gasteiger partial charge is 0.497 e. The van der Waals surface area contributed by atoms with Gasteiger partial charge in [0, 0.05) is 16.7 Å². The molecule has 10 nitrogen and oxygen atoms in total. The zero-order valence-electron chi connectivity index (χ0n) is 23.0. The minimum Gasteiger partial charge on any atom is -0.497 e. The van der Waals surface area contributed by atoms with Gasteiger partial charge in [0.25, 0.3) is 0 Å². The average Bonchev–Trinajstić information content (AvgIpc) is 3.28. The molecule has 1 aromatic heterocycles. The van der Waals surface area contributed by atoms with Gasteiger partial charge in [-0.05, 0) is 45.7 Å². The first kappa shape index (κ1) is 28.0. The summed E-state index contributed by atoms with van der Waals surface area (Å²) in [5.74, 6) is 0.715. The number of carbonyl (C=O) groups is 3. The molecule has 0 saturated heterocycles. The summed E-state index contributed by atoms with van der Waals surface area (Å²) in [6.07, 6.45) is 1.97. The first-order valence-corrected chi connectivity index (χ1v) is 16.7. The maximum atomic E-state index is 13.7. The van der Waals surface area contributed by atoms with Gasteiger partial charge in [-0.2, -0.15) is 5.10 Å². The lowest BCUT2D eigenvalue weighted by atomic mass is 9.83. The molecule has 0 bridgehead atoms. The number of hydrogen-bond acceptors (Lipinski definition) is 6. The number of amides is 3. The number of fused-ring (bicyclic) bond motifs is 1. The fourth-order valence-corrected chi connectivity index (χ4v) is 8.09. The molecule has 1 aliphatic carbocycles. The quantitative estimate of drug-likeness (QED) is 0.416. The number of rotatable bonds is 6. The number of nitrogens with one attached hydrogen (secondary N) is 2. The first-order valence-electron chi connectivity index (χ1n) is 12.8. The molecule has 3 amide bonds. The average molecular weight is 562 g/mol. The third-order valence-corrected chi connectivity index (χ3v) is 11.9. The summed E-state index contributed by atoms with van der Waals surface area (Å²) in [7, 11) is -0.344. The topological polar surface area (TPSA) is 115 Å². The summed E-state index contributed by atoms with van der Waals surface area (Å²) in [6, 6.07) is 4.59. The van der Waals surface area contributed by atoms with E-state index in [1.54, 1.807) is 30.0 Å². The van der Waals surface area contributed by atoms with Gasteiger partial charge in [0.15, 0.2) is 0 Å². The highest BCUT2D eigenvalue weighted by Gasteiger charge is 2.54. The van der Waals surface area contributed by atoms with Crippen LogP contribution in [-0.4, -0.2) is 54.5 Å². The first-order chi connectivity index (χ1) is 17.8. The Bertz CT molecular complexity index is 1280. The summed E-state index contributed by atoms with van der Waals surface area (Å²) in [6.45, 7) is 12.3. The Kier molecular flexibility index (Phi) is 7.30. The Morgan fingerprint density at radius 3 is 2.39 bits per heavy atom. The number of aromatic nitrogens is 2. The third-order valence-electron chi connectivity index (χ3n) is 7.96. The van der Waals surface area contributed by atoms with Gasteiger partial charge >= 0.3 is 12.1 Å². The van der Waals surface area contributed by atoms with Crippen LogP contribution in [0.25, 0.3) is 0 Å². The summed E-state index contributed by atoms with van der Waals surface area (Å²) >= 11 is 6.31. The molecule has 38 heavy (non-hydrogen) atoms. The predicted octanol–water partition coefficient (Wildman–Crippen LogP) is 6.03. The van der Waals surface area contributed by atoms with Crippen molar-refractivity contribution in [2.24, 2.45) is 0 Å². The van der Waals surface area contributed by atoms with Crippen molar-refractivity contribution >= 4 is 49.2 Å². The van der Waals surface area contributed by atoms with Crippen molar-refractivity contribution in [2.75, 3.05) is 24.4 Å². The molecule has 12 heteroatoms. The number of ether oxygens (including phenoxy) is 2. The van der Waals surface area contributed by atoms with E-state index >= 15 is 0 Å². The van der Waals surface area contributed by atoms with E-state index in [2.05, 4.69) is 35.4 Å².